The first-order valence-electron chi connectivity index (χ1n) is 9.94. The van der Waals surface area contributed by atoms with Crippen molar-refractivity contribution in [3.05, 3.63) is 86.9 Å². The Balaban J connectivity index is 1.47. The van der Waals surface area contributed by atoms with Crippen molar-refractivity contribution in [3.8, 4) is 11.4 Å². The molecule has 2 aromatic carbocycles. The molecule has 0 aliphatic rings. The molecular formula is C23H17FN6O3. The number of halogens is 1. The summed E-state index contributed by atoms with van der Waals surface area (Å²) in [6, 6.07) is 12.6. The van der Waals surface area contributed by atoms with Crippen molar-refractivity contribution >= 4 is 33.7 Å². The van der Waals surface area contributed by atoms with E-state index in [4.69, 9.17) is 0 Å². The first-order chi connectivity index (χ1) is 15.8. The molecule has 2 N–H and O–H groups in total. The van der Waals surface area contributed by atoms with E-state index in [1.807, 2.05) is 0 Å². The van der Waals surface area contributed by atoms with Crippen LogP contribution in [0.25, 0.3) is 33.5 Å². The lowest BCUT2D eigenvalue weighted by Crippen LogP contribution is -2.37. The Hall–Kier alpha value is -4.60. The van der Waals surface area contributed by atoms with Crippen molar-refractivity contribution in [1.82, 2.24) is 24.1 Å². The van der Waals surface area contributed by atoms with E-state index >= 15 is 0 Å². The lowest BCUT2D eigenvalue weighted by Gasteiger charge is -2.09. The number of pyridine rings is 1. The number of H-pyrrole nitrogens is 1. The molecule has 5 rings (SSSR count). The van der Waals surface area contributed by atoms with Gasteiger partial charge >= 0.3 is 5.69 Å². The highest BCUT2D eigenvalue weighted by Crippen LogP contribution is 2.23. The molecule has 3 heterocycles. The second kappa shape index (κ2) is 7.52. The van der Waals surface area contributed by atoms with Gasteiger partial charge in [-0.3, -0.25) is 18.7 Å². The summed E-state index contributed by atoms with van der Waals surface area (Å²) in [5, 5.41) is 2.93. The van der Waals surface area contributed by atoms with Gasteiger partial charge in [0.25, 0.3) is 11.5 Å². The van der Waals surface area contributed by atoms with Gasteiger partial charge in [-0.15, -0.1) is 0 Å². The van der Waals surface area contributed by atoms with Crippen LogP contribution >= 0.6 is 0 Å². The number of aromatic nitrogens is 5. The number of imidazole rings is 1. The van der Waals surface area contributed by atoms with Gasteiger partial charge in [-0.05, 0) is 36.4 Å². The van der Waals surface area contributed by atoms with Crippen LogP contribution in [-0.2, 0) is 14.1 Å². The fraction of sp³-hybridized carbons (Fsp3) is 0.0870. The minimum absolute atomic E-state index is 0.163. The number of carbonyl (C=O) groups excluding carboxylic acids is 1. The van der Waals surface area contributed by atoms with Crippen molar-refractivity contribution in [2.75, 3.05) is 5.32 Å². The molecule has 1 amide bonds. The van der Waals surface area contributed by atoms with Gasteiger partial charge in [0.1, 0.15) is 17.3 Å². The van der Waals surface area contributed by atoms with Gasteiger partial charge in [-0.2, -0.15) is 0 Å². The van der Waals surface area contributed by atoms with Gasteiger partial charge in [0.05, 0.1) is 22.0 Å². The molecule has 33 heavy (non-hydrogen) atoms. The van der Waals surface area contributed by atoms with Crippen LogP contribution in [0, 0.1) is 5.82 Å². The van der Waals surface area contributed by atoms with Gasteiger partial charge in [-0.1, -0.05) is 12.1 Å². The van der Waals surface area contributed by atoms with Crippen molar-refractivity contribution in [3.63, 3.8) is 0 Å². The second-order valence-electron chi connectivity index (χ2n) is 7.58. The van der Waals surface area contributed by atoms with E-state index < -0.39 is 17.2 Å². The molecular weight excluding hydrogens is 427 g/mol. The van der Waals surface area contributed by atoms with E-state index in [9.17, 15) is 18.8 Å². The summed E-state index contributed by atoms with van der Waals surface area (Å²) in [5.41, 5.74) is 1.76. The Morgan fingerprint density at radius 1 is 1.06 bits per heavy atom. The zero-order valence-electron chi connectivity index (χ0n) is 17.6. The molecule has 0 atom stereocenters. The van der Waals surface area contributed by atoms with Crippen LogP contribution < -0.4 is 16.6 Å². The SMILES string of the molecule is Cn1c(=O)c2cc(C(=O)Nc3ccc4nc(-c5cccc(F)c5)[nH]c4c3)cnc2n(C)c1=O. The van der Waals surface area contributed by atoms with Crippen LogP contribution in [0.3, 0.4) is 0 Å². The van der Waals surface area contributed by atoms with Crippen molar-refractivity contribution in [1.29, 1.82) is 0 Å². The molecule has 164 valence electrons. The molecule has 0 saturated heterocycles. The Morgan fingerprint density at radius 2 is 1.88 bits per heavy atom. The van der Waals surface area contributed by atoms with E-state index in [0.29, 0.717) is 28.1 Å². The average molecular weight is 444 g/mol. The number of fused-ring (bicyclic) bond motifs is 2. The fourth-order valence-corrected chi connectivity index (χ4v) is 3.65. The predicted molar refractivity (Wildman–Crippen MR) is 122 cm³/mol. The Bertz CT molecular complexity index is 1700. The summed E-state index contributed by atoms with van der Waals surface area (Å²) in [6.07, 6.45) is 1.31. The molecule has 0 aliphatic carbocycles. The van der Waals surface area contributed by atoms with Crippen molar-refractivity contribution in [2.45, 2.75) is 0 Å². The van der Waals surface area contributed by atoms with Crippen LogP contribution in [0.5, 0.6) is 0 Å². The number of benzene rings is 2. The highest BCUT2D eigenvalue weighted by atomic mass is 19.1. The van der Waals surface area contributed by atoms with Gasteiger partial charge < -0.3 is 10.3 Å². The first kappa shape index (κ1) is 20.3. The third kappa shape index (κ3) is 3.47. The number of hydrogen-bond donors (Lipinski definition) is 2. The molecule has 9 nitrogen and oxygen atoms in total. The number of nitrogens with one attached hydrogen (secondary N) is 2. The highest BCUT2D eigenvalue weighted by Gasteiger charge is 2.14. The van der Waals surface area contributed by atoms with Crippen molar-refractivity contribution in [2.24, 2.45) is 14.1 Å². The van der Waals surface area contributed by atoms with Crippen LogP contribution in [-0.4, -0.2) is 30.0 Å². The number of carbonyl (C=O) groups is 1. The molecule has 0 fully saturated rings. The molecule has 0 saturated carbocycles. The first-order valence-corrected chi connectivity index (χ1v) is 9.94. The maximum atomic E-state index is 13.5. The van der Waals surface area contributed by atoms with Gasteiger partial charge in [-0.25, -0.2) is 19.2 Å². The van der Waals surface area contributed by atoms with Gasteiger partial charge in [0.15, 0.2) is 0 Å². The summed E-state index contributed by atoms with van der Waals surface area (Å²) in [4.78, 5) is 49.1. The van der Waals surface area contributed by atoms with E-state index in [0.717, 1.165) is 4.57 Å². The number of aryl methyl sites for hydroxylation is 1. The second-order valence-corrected chi connectivity index (χ2v) is 7.58. The number of nitrogens with zero attached hydrogens (tertiary/aromatic N) is 4. The van der Waals surface area contributed by atoms with Crippen molar-refractivity contribution < 1.29 is 9.18 Å². The third-order valence-corrected chi connectivity index (χ3v) is 5.39. The highest BCUT2D eigenvalue weighted by molar-refractivity contribution is 6.06. The monoisotopic (exact) mass is 444 g/mol. The normalized spacial score (nSPS) is 11.2. The van der Waals surface area contributed by atoms with Gasteiger partial charge in [0, 0.05) is 31.5 Å². The maximum Gasteiger partial charge on any atom is 0.332 e. The molecule has 0 aliphatic heterocycles. The third-order valence-electron chi connectivity index (χ3n) is 5.39. The van der Waals surface area contributed by atoms with Crippen LogP contribution in [0.2, 0.25) is 0 Å². The van der Waals surface area contributed by atoms with Crippen LogP contribution in [0.15, 0.2) is 64.3 Å². The summed E-state index contributed by atoms with van der Waals surface area (Å²) in [7, 11) is 2.88. The van der Waals surface area contributed by atoms with Gasteiger partial charge in [0.2, 0.25) is 0 Å². The Kier molecular flexibility index (Phi) is 4.63. The zero-order chi connectivity index (χ0) is 23.3. The fourth-order valence-electron chi connectivity index (χ4n) is 3.65. The number of anilines is 1. The zero-order valence-corrected chi connectivity index (χ0v) is 17.6. The lowest BCUT2D eigenvalue weighted by molar-refractivity contribution is 0.102. The molecule has 3 aromatic heterocycles. The number of amides is 1. The smallest absolute Gasteiger partial charge is 0.332 e. The van der Waals surface area contributed by atoms with E-state index in [1.54, 1.807) is 30.3 Å². The van der Waals surface area contributed by atoms with E-state index in [1.165, 1.54) is 43.1 Å². The standard InChI is InChI=1S/C23H17FN6O3/c1-29-20-16(22(32)30(2)23(29)33)9-13(11-25-20)21(31)26-15-6-7-17-18(10-15)28-19(27-17)12-4-3-5-14(24)8-12/h3-11H,1-2H3,(H,26,31)(H,27,28). The topological polar surface area (TPSA) is 115 Å². The molecule has 0 radical (unpaired) electrons. The average Bonchev–Trinajstić information content (AvgIpc) is 3.24. The largest absolute Gasteiger partial charge is 0.338 e. The summed E-state index contributed by atoms with van der Waals surface area (Å²) in [5.74, 6) is -0.322. The molecule has 0 spiro atoms. The minimum Gasteiger partial charge on any atom is -0.338 e. The number of rotatable bonds is 3. The number of aromatic amines is 1. The maximum absolute atomic E-state index is 13.5. The summed E-state index contributed by atoms with van der Waals surface area (Å²) < 4.78 is 15.7. The Morgan fingerprint density at radius 3 is 2.67 bits per heavy atom. The minimum atomic E-state index is -0.529. The predicted octanol–water partition coefficient (Wildman–Crippen LogP) is 2.57. The molecule has 5 aromatic rings. The quantitative estimate of drug-likeness (QED) is 0.444. The van der Waals surface area contributed by atoms with E-state index in [2.05, 4.69) is 20.3 Å². The van der Waals surface area contributed by atoms with Crippen LogP contribution in [0.1, 0.15) is 10.4 Å². The molecule has 0 unspecified atom stereocenters. The van der Waals surface area contributed by atoms with E-state index in [-0.39, 0.29) is 22.4 Å². The molecule has 10 heteroatoms. The summed E-state index contributed by atoms with van der Waals surface area (Å²) >= 11 is 0. The number of hydrogen-bond acceptors (Lipinski definition) is 5. The molecule has 0 bridgehead atoms. The van der Waals surface area contributed by atoms with Crippen LogP contribution in [0.4, 0.5) is 10.1 Å². The summed E-state index contributed by atoms with van der Waals surface area (Å²) in [6.45, 7) is 0. The Labute approximate surface area is 185 Å². The lowest BCUT2D eigenvalue weighted by atomic mass is 10.2.